The molecule has 1 heterocycles. The summed E-state index contributed by atoms with van der Waals surface area (Å²) in [5, 5.41) is 1.000. The molecule has 4 heteroatoms. The number of ether oxygens (including phenoxy) is 1. The van der Waals surface area contributed by atoms with Crippen LogP contribution in [0.2, 0.25) is 0 Å². The van der Waals surface area contributed by atoms with Crippen LogP contribution in [0.4, 0.5) is 5.82 Å². The number of methoxy groups -OCH3 is 1. The molecule has 0 unspecified atom stereocenters. The molecule has 0 fully saturated rings. The zero-order valence-electron chi connectivity index (χ0n) is 9.96. The zero-order valence-corrected chi connectivity index (χ0v) is 11.5. The van der Waals surface area contributed by atoms with Crippen molar-refractivity contribution in [2.45, 2.75) is 19.8 Å². The standard InChI is InChI=1S/C13H15BrN2O/c1-3-4-8-7-9-11(17-2)6-5-10(14)12(9)16-13(8)15/h5-7H,3-4H2,1-2H3,(H2,15,16). The van der Waals surface area contributed by atoms with Gasteiger partial charge in [0.25, 0.3) is 0 Å². The average Bonchev–Trinajstić information content (AvgIpc) is 2.32. The van der Waals surface area contributed by atoms with E-state index in [-0.39, 0.29) is 0 Å². The molecule has 3 nitrogen and oxygen atoms in total. The first kappa shape index (κ1) is 12.2. The number of hydrogen-bond donors (Lipinski definition) is 1. The Hall–Kier alpha value is -1.29. The highest BCUT2D eigenvalue weighted by Crippen LogP contribution is 2.32. The van der Waals surface area contributed by atoms with Crippen LogP contribution in [0.15, 0.2) is 22.7 Å². The number of nitrogens with zero attached hydrogens (tertiary/aromatic N) is 1. The monoisotopic (exact) mass is 294 g/mol. The lowest BCUT2D eigenvalue weighted by atomic mass is 10.1. The molecule has 0 amide bonds. The maximum Gasteiger partial charge on any atom is 0.128 e. The molecular formula is C13H15BrN2O. The summed E-state index contributed by atoms with van der Waals surface area (Å²) in [6.45, 7) is 2.13. The Balaban J connectivity index is 2.73. The van der Waals surface area contributed by atoms with Crippen LogP contribution in [0.3, 0.4) is 0 Å². The molecule has 2 aromatic rings. The topological polar surface area (TPSA) is 48.1 Å². The van der Waals surface area contributed by atoms with Gasteiger partial charge in [-0.1, -0.05) is 13.3 Å². The maximum absolute atomic E-state index is 5.96. The number of pyridine rings is 1. The summed E-state index contributed by atoms with van der Waals surface area (Å²) in [7, 11) is 1.67. The summed E-state index contributed by atoms with van der Waals surface area (Å²) in [5.41, 5.74) is 7.89. The van der Waals surface area contributed by atoms with E-state index in [4.69, 9.17) is 10.5 Å². The molecular weight excluding hydrogens is 280 g/mol. The lowest BCUT2D eigenvalue weighted by Gasteiger charge is -2.10. The van der Waals surface area contributed by atoms with Crippen LogP contribution in [-0.2, 0) is 6.42 Å². The Morgan fingerprint density at radius 1 is 1.41 bits per heavy atom. The van der Waals surface area contributed by atoms with E-state index in [9.17, 15) is 0 Å². The second-order valence-electron chi connectivity index (χ2n) is 3.93. The Labute approximate surface area is 109 Å². The van der Waals surface area contributed by atoms with Crippen molar-refractivity contribution in [1.82, 2.24) is 4.98 Å². The normalized spacial score (nSPS) is 10.8. The lowest BCUT2D eigenvalue weighted by molar-refractivity contribution is 0.419. The summed E-state index contributed by atoms with van der Waals surface area (Å²) < 4.78 is 6.29. The van der Waals surface area contributed by atoms with E-state index in [0.717, 1.165) is 39.5 Å². The first-order valence-corrected chi connectivity index (χ1v) is 6.38. The quantitative estimate of drug-likeness (QED) is 0.942. The van der Waals surface area contributed by atoms with E-state index in [1.807, 2.05) is 12.1 Å². The second kappa shape index (κ2) is 4.92. The van der Waals surface area contributed by atoms with E-state index >= 15 is 0 Å². The van der Waals surface area contributed by atoms with Gasteiger partial charge in [-0.2, -0.15) is 0 Å². The molecule has 17 heavy (non-hydrogen) atoms. The minimum Gasteiger partial charge on any atom is -0.496 e. The van der Waals surface area contributed by atoms with Gasteiger partial charge in [0, 0.05) is 9.86 Å². The highest BCUT2D eigenvalue weighted by atomic mass is 79.9. The zero-order chi connectivity index (χ0) is 12.4. The summed E-state index contributed by atoms with van der Waals surface area (Å²) >= 11 is 3.48. The van der Waals surface area contributed by atoms with Crippen LogP contribution in [0.25, 0.3) is 10.9 Å². The van der Waals surface area contributed by atoms with E-state index in [0.29, 0.717) is 5.82 Å². The second-order valence-corrected chi connectivity index (χ2v) is 4.78. The average molecular weight is 295 g/mol. The number of halogens is 1. The van der Waals surface area contributed by atoms with Gasteiger partial charge in [-0.15, -0.1) is 0 Å². The van der Waals surface area contributed by atoms with E-state index in [1.54, 1.807) is 7.11 Å². The molecule has 2 rings (SSSR count). The van der Waals surface area contributed by atoms with Crippen LogP contribution < -0.4 is 10.5 Å². The van der Waals surface area contributed by atoms with Gasteiger partial charge < -0.3 is 10.5 Å². The fourth-order valence-electron chi connectivity index (χ4n) is 1.90. The Bertz CT molecular complexity index is 555. The van der Waals surface area contributed by atoms with Crippen molar-refractivity contribution >= 4 is 32.7 Å². The van der Waals surface area contributed by atoms with Crippen LogP contribution in [0.5, 0.6) is 5.75 Å². The molecule has 90 valence electrons. The van der Waals surface area contributed by atoms with Gasteiger partial charge in [0.15, 0.2) is 0 Å². The number of aromatic nitrogens is 1. The molecule has 1 aromatic heterocycles. The van der Waals surface area contributed by atoms with Gasteiger partial charge in [-0.25, -0.2) is 4.98 Å². The minimum atomic E-state index is 0.605. The summed E-state index contributed by atoms with van der Waals surface area (Å²) in [5.74, 6) is 1.43. The smallest absolute Gasteiger partial charge is 0.128 e. The number of nitrogens with two attached hydrogens (primary N) is 1. The molecule has 0 bridgehead atoms. The van der Waals surface area contributed by atoms with Crippen molar-refractivity contribution in [1.29, 1.82) is 0 Å². The number of aryl methyl sites for hydroxylation is 1. The van der Waals surface area contributed by atoms with Crippen molar-refractivity contribution in [3.63, 3.8) is 0 Å². The van der Waals surface area contributed by atoms with Crippen LogP contribution in [0.1, 0.15) is 18.9 Å². The molecule has 0 atom stereocenters. The molecule has 0 spiro atoms. The first-order valence-electron chi connectivity index (χ1n) is 5.59. The highest BCUT2D eigenvalue weighted by molar-refractivity contribution is 9.10. The highest BCUT2D eigenvalue weighted by Gasteiger charge is 2.10. The van der Waals surface area contributed by atoms with Gasteiger partial charge in [0.05, 0.1) is 12.6 Å². The van der Waals surface area contributed by atoms with Crippen LogP contribution >= 0.6 is 15.9 Å². The van der Waals surface area contributed by atoms with Gasteiger partial charge >= 0.3 is 0 Å². The first-order chi connectivity index (χ1) is 8.17. The number of nitrogen functional groups attached to an aromatic ring is 1. The molecule has 0 saturated heterocycles. The van der Waals surface area contributed by atoms with Gasteiger partial charge in [-0.05, 0) is 46.1 Å². The molecule has 0 radical (unpaired) electrons. The lowest BCUT2D eigenvalue weighted by Crippen LogP contribution is -1.99. The fraction of sp³-hybridized carbons (Fsp3) is 0.308. The number of fused-ring (bicyclic) bond motifs is 1. The van der Waals surface area contributed by atoms with Crippen molar-refractivity contribution < 1.29 is 4.74 Å². The van der Waals surface area contributed by atoms with Gasteiger partial charge in [-0.3, -0.25) is 0 Å². The van der Waals surface area contributed by atoms with Crippen molar-refractivity contribution in [2.75, 3.05) is 12.8 Å². The molecule has 0 aliphatic carbocycles. The maximum atomic E-state index is 5.96. The molecule has 1 aromatic carbocycles. The minimum absolute atomic E-state index is 0.605. The van der Waals surface area contributed by atoms with Crippen LogP contribution in [0, 0.1) is 0 Å². The molecule has 2 N–H and O–H groups in total. The van der Waals surface area contributed by atoms with Crippen molar-refractivity contribution in [3.05, 3.63) is 28.2 Å². The summed E-state index contributed by atoms with van der Waals surface area (Å²) in [6.07, 6.45) is 1.98. The Morgan fingerprint density at radius 3 is 2.82 bits per heavy atom. The Morgan fingerprint density at radius 2 is 2.18 bits per heavy atom. The summed E-state index contributed by atoms with van der Waals surface area (Å²) in [4.78, 5) is 4.45. The third-order valence-electron chi connectivity index (χ3n) is 2.75. The number of anilines is 1. The molecule has 0 aliphatic rings. The van der Waals surface area contributed by atoms with E-state index in [1.165, 1.54) is 0 Å². The summed E-state index contributed by atoms with van der Waals surface area (Å²) in [6, 6.07) is 5.93. The van der Waals surface area contributed by atoms with Crippen molar-refractivity contribution in [3.8, 4) is 5.75 Å². The molecule has 0 saturated carbocycles. The van der Waals surface area contributed by atoms with Gasteiger partial charge in [0.1, 0.15) is 11.6 Å². The number of rotatable bonds is 3. The van der Waals surface area contributed by atoms with E-state index < -0.39 is 0 Å². The Kier molecular flexibility index (Phi) is 3.52. The van der Waals surface area contributed by atoms with Gasteiger partial charge in [0.2, 0.25) is 0 Å². The third kappa shape index (κ3) is 2.22. The molecule has 0 aliphatic heterocycles. The van der Waals surface area contributed by atoms with E-state index in [2.05, 4.69) is 33.9 Å². The third-order valence-corrected chi connectivity index (χ3v) is 3.39. The SMILES string of the molecule is CCCc1cc2c(OC)ccc(Br)c2nc1N. The fourth-order valence-corrected chi connectivity index (χ4v) is 2.34. The predicted octanol–water partition coefficient (Wildman–Crippen LogP) is 3.54. The van der Waals surface area contributed by atoms with Crippen molar-refractivity contribution in [2.24, 2.45) is 0 Å². The largest absolute Gasteiger partial charge is 0.496 e. The predicted molar refractivity (Wildman–Crippen MR) is 74.4 cm³/mol. The van der Waals surface area contributed by atoms with Crippen LogP contribution in [-0.4, -0.2) is 12.1 Å². The number of benzene rings is 1. The number of hydrogen-bond acceptors (Lipinski definition) is 3.